The zero-order valence-electron chi connectivity index (χ0n) is 14.4. The Morgan fingerprint density at radius 2 is 1.75 bits per heavy atom. The third kappa shape index (κ3) is 6.71. The van der Waals surface area contributed by atoms with Gasteiger partial charge in [-0.25, -0.2) is 0 Å². The predicted molar refractivity (Wildman–Crippen MR) is 85.1 cm³/mol. The van der Waals surface area contributed by atoms with Gasteiger partial charge in [0.05, 0.1) is 0 Å². The number of unbranched alkanes of at least 4 members (excludes halogenated alkanes) is 1. The molecule has 0 aliphatic rings. The fourth-order valence-electron chi connectivity index (χ4n) is 2.43. The largest absolute Gasteiger partial charge is 0.480 e. The van der Waals surface area contributed by atoms with Crippen LogP contribution in [0.25, 0.3) is 0 Å². The van der Waals surface area contributed by atoms with E-state index in [1.807, 2.05) is 13.8 Å². The molecule has 0 spiro atoms. The molecule has 0 aliphatic heterocycles. The second-order valence-corrected chi connectivity index (χ2v) is 6.86. The summed E-state index contributed by atoms with van der Waals surface area (Å²) in [5.41, 5.74) is -0.809. The van der Waals surface area contributed by atoms with E-state index in [4.69, 9.17) is 0 Å². The molecule has 0 saturated heterocycles. The topological polar surface area (TPSA) is 52.6 Å². The summed E-state index contributed by atoms with van der Waals surface area (Å²) >= 11 is 0. The first-order chi connectivity index (χ1) is 9.10. The number of hydrogen-bond acceptors (Lipinski definition) is 3. The number of carbonyl (C=O) groups is 1. The Hall–Kier alpha value is -0.610. The molecule has 2 unspecified atom stereocenters. The number of nitrogens with one attached hydrogen (secondary N) is 1. The molecular formula is C16H34N2O2. The van der Waals surface area contributed by atoms with Gasteiger partial charge in [0, 0.05) is 12.1 Å². The number of hydrogen-bond donors (Lipinski definition) is 2. The molecule has 20 heavy (non-hydrogen) atoms. The summed E-state index contributed by atoms with van der Waals surface area (Å²) in [5.74, 6) is -0.109. The van der Waals surface area contributed by atoms with Crippen molar-refractivity contribution >= 4 is 5.97 Å². The van der Waals surface area contributed by atoms with Gasteiger partial charge in [0.1, 0.15) is 5.54 Å². The minimum atomic E-state index is -0.809. The van der Waals surface area contributed by atoms with Crippen molar-refractivity contribution in [1.82, 2.24) is 10.2 Å². The summed E-state index contributed by atoms with van der Waals surface area (Å²) in [5, 5.41) is 12.5. The average Bonchev–Trinajstić information content (AvgIpc) is 2.32. The molecule has 0 rings (SSSR count). The summed E-state index contributed by atoms with van der Waals surface area (Å²) < 4.78 is 0. The molecule has 0 radical (unpaired) electrons. The van der Waals surface area contributed by atoms with Gasteiger partial charge in [0.2, 0.25) is 0 Å². The summed E-state index contributed by atoms with van der Waals surface area (Å²) in [7, 11) is 2.15. The van der Waals surface area contributed by atoms with Gasteiger partial charge in [-0.15, -0.1) is 0 Å². The van der Waals surface area contributed by atoms with E-state index >= 15 is 0 Å². The van der Waals surface area contributed by atoms with E-state index in [1.165, 1.54) is 0 Å². The van der Waals surface area contributed by atoms with Gasteiger partial charge < -0.3 is 10.0 Å². The molecular weight excluding hydrogens is 252 g/mol. The quantitative estimate of drug-likeness (QED) is 0.606. The third-order valence-electron chi connectivity index (χ3n) is 4.18. The van der Waals surface area contributed by atoms with Crippen molar-refractivity contribution in [2.45, 2.75) is 78.4 Å². The monoisotopic (exact) mass is 286 g/mol. The summed E-state index contributed by atoms with van der Waals surface area (Å²) in [6.45, 7) is 13.5. The Kier molecular flexibility index (Phi) is 8.36. The minimum absolute atomic E-state index is 0.180. The van der Waals surface area contributed by atoms with Crippen molar-refractivity contribution in [1.29, 1.82) is 0 Å². The molecule has 0 aromatic carbocycles. The molecule has 0 aliphatic carbocycles. The Balaban J connectivity index is 4.17. The number of aliphatic carboxylic acids is 1. The fourth-order valence-corrected chi connectivity index (χ4v) is 2.43. The van der Waals surface area contributed by atoms with Gasteiger partial charge in [-0.3, -0.25) is 10.1 Å². The lowest BCUT2D eigenvalue weighted by Crippen LogP contribution is -2.52. The van der Waals surface area contributed by atoms with Crippen molar-refractivity contribution < 1.29 is 9.90 Å². The average molecular weight is 286 g/mol. The van der Waals surface area contributed by atoms with Gasteiger partial charge in [0.15, 0.2) is 0 Å². The van der Waals surface area contributed by atoms with Crippen LogP contribution in [-0.2, 0) is 4.79 Å². The highest BCUT2D eigenvalue weighted by atomic mass is 16.4. The minimum Gasteiger partial charge on any atom is -0.480 e. The maximum Gasteiger partial charge on any atom is 0.323 e. The Morgan fingerprint density at radius 1 is 1.20 bits per heavy atom. The molecule has 0 saturated carbocycles. The summed E-state index contributed by atoms with van der Waals surface area (Å²) in [6.07, 6.45) is 2.64. The van der Waals surface area contributed by atoms with Gasteiger partial charge in [0.25, 0.3) is 0 Å². The highest BCUT2D eigenvalue weighted by Gasteiger charge is 2.32. The van der Waals surface area contributed by atoms with Gasteiger partial charge in [-0.2, -0.15) is 0 Å². The number of carboxylic acids is 1. The highest BCUT2D eigenvalue weighted by Crippen LogP contribution is 2.16. The summed E-state index contributed by atoms with van der Waals surface area (Å²) in [6, 6.07) is 0.745. The van der Waals surface area contributed by atoms with Gasteiger partial charge in [-0.1, -0.05) is 13.8 Å². The standard InChI is InChI=1S/C16H34N2O2/c1-12(2)14(5)18(7)11-9-8-10-16(6,15(19)20)17-13(3)4/h12-14,17H,8-11H2,1-7H3,(H,19,20). The molecule has 0 aromatic heterocycles. The SMILES string of the molecule is CC(C)NC(C)(CCCCN(C)C(C)C(C)C)C(=O)O. The molecule has 2 N–H and O–H groups in total. The second-order valence-electron chi connectivity index (χ2n) is 6.86. The van der Waals surface area contributed by atoms with Crippen molar-refractivity contribution in [3.63, 3.8) is 0 Å². The van der Waals surface area contributed by atoms with Crippen LogP contribution in [0.5, 0.6) is 0 Å². The van der Waals surface area contributed by atoms with E-state index in [9.17, 15) is 9.90 Å². The predicted octanol–water partition coefficient (Wildman–Crippen LogP) is 2.97. The van der Waals surface area contributed by atoms with Crippen molar-refractivity contribution in [3.8, 4) is 0 Å². The number of nitrogens with zero attached hydrogens (tertiary/aromatic N) is 1. The molecule has 4 heteroatoms. The van der Waals surface area contributed by atoms with Crippen molar-refractivity contribution in [3.05, 3.63) is 0 Å². The molecule has 0 fully saturated rings. The van der Waals surface area contributed by atoms with Gasteiger partial charge in [-0.05, 0) is 66.5 Å². The molecule has 0 aromatic rings. The molecule has 0 amide bonds. The zero-order chi connectivity index (χ0) is 15.9. The van der Waals surface area contributed by atoms with Crippen LogP contribution in [0.1, 0.15) is 60.8 Å². The van der Waals surface area contributed by atoms with E-state index in [0.29, 0.717) is 18.4 Å². The molecule has 4 nitrogen and oxygen atoms in total. The van der Waals surface area contributed by atoms with Crippen LogP contribution in [0.3, 0.4) is 0 Å². The van der Waals surface area contributed by atoms with Crippen LogP contribution in [0.15, 0.2) is 0 Å². The number of rotatable bonds is 10. The van der Waals surface area contributed by atoms with E-state index < -0.39 is 11.5 Å². The lowest BCUT2D eigenvalue weighted by Gasteiger charge is -2.30. The van der Waals surface area contributed by atoms with Crippen LogP contribution in [0, 0.1) is 5.92 Å². The van der Waals surface area contributed by atoms with Crippen molar-refractivity contribution in [2.75, 3.05) is 13.6 Å². The third-order valence-corrected chi connectivity index (χ3v) is 4.18. The lowest BCUT2D eigenvalue weighted by atomic mass is 9.93. The Morgan fingerprint density at radius 3 is 2.15 bits per heavy atom. The van der Waals surface area contributed by atoms with E-state index in [2.05, 4.69) is 38.0 Å². The fraction of sp³-hybridized carbons (Fsp3) is 0.938. The lowest BCUT2D eigenvalue weighted by molar-refractivity contribution is -0.144. The van der Waals surface area contributed by atoms with Crippen LogP contribution >= 0.6 is 0 Å². The van der Waals surface area contributed by atoms with Crippen LogP contribution in [-0.4, -0.2) is 47.2 Å². The normalized spacial score (nSPS) is 16.7. The molecule has 0 heterocycles. The first-order valence-electron chi connectivity index (χ1n) is 7.81. The first-order valence-corrected chi connectivity index (χ1v) is 7.81. The molecule has 2 atom stereocenters. The number of carboxylic acid groups (broad SMARTS) is 1. The summed E-state index contributed by atoms with van der Waals surface area (Å²) in [4.78, 5) is 13.8. The Bertz CT molecular complexity index is 292. The first kappa shape index (κ1) is 19.4. The molecule has 120 valence electrons. The maximum atomic E-state index is 11.4. The smallest absolute Gasteiger partial charge is 0.323 e. The Labute approximate surface area is 124 Å². The van der Waals surface area contributed by atoms with E-state index in [-0.39, 0.29) is 6.04 Å². The zero-order valence-corrected chi connectivity index (χ0v) is 14.4. The van der Waals surface area contributed by atoms with Crippen molar-refractivity contribution in [2.24, 2.45) is 5.92 Å². The van der Waals surface area contributed by atoms with E-state index in [0.717, 1.165) is 19.4 Å². The van der Waals surface area contributed by atoms with Crippen LogP contribution < -0.4 is 5.32 Å². The van der Waals surface area contributed by atoms with Gasteiger partial charge >= 0.3 is 5.97 Å². The maximum absolute atomic E-state index is 11.4. The molecule has 0 bridgehead atoms. The van der Waals surface area contributed by atoms with Crippen LogP contribution in [0.2, 0.25) is 0 Å². The second kappa shape index (κ2) is 8.63. The van der Waals surface area contributed by atoms with Crippen LogP contribution in [0.4, 0.5) is 0 Å². The highest BCUT2D eigenvalue weighted by molar-refractivity contribution is 5.78. The van der Waals surface area contributed by atoms with E-state index in [1.54, 1.807) is 6.92 Å².